The van der Waals surface area contributed by atoms with Gasteiger partial charge in [0, 0.05) is 43.8 Å². The Kier molecular flexibility index (Phi) is 5.18. The van der Waals surface area contributed by atoms with E-state index in [9.17, 15) is 4.79 Å². The number of halogens is 1. The van der Waals surface area contributed by atoms with Crippen molar-refractivity contribution in [2.45, 2.75) is 12.6 Å². The van der Waals surface area contributed by atoms with Crippen LogP contribution in [0.15, 0.2) is 24.3 Å². The van der Waals surface area contributed by atoms with Crippen LogP contribution in [0, 0.1) is 3.57 Å². The summed E-state index contributed by atoms with van der Waals surface area (Å²) in [6.45, 7) is 3.43. The zero-order valence-electron chi connectivity index (χ0n) is 11.4. The number of likely N-dealkylation sites (N-methyl/N-ethyl adjacent to an activating group) is 1. The monoisotopic (exact) mass is 373 g/mol. The molecule has 0 aliphatic carbocycles. The molecule has 1 unspecified atom stereocenters. The highest BCUT2D eigenvalue weighted by Gasteiger charge is 2.29. The van der Waals surface area contributed by atoms with Gasteiger partial charge >= 0.3 is 0 Å². The molecule has 1 saturated heterocycles. The molecule has 2 rings (SSSR count). The van der Waals surface area contributed by atoms with E-state index in [-0.39, 0.29) is 11.9 Å². The van der Waals surface area contributed by atoms with Gasteiger partial charge in [-0.3, -0.25) is 9.69 Å². The first kappa shape index (κ1) is 14.7. The van der Waals surface area contributed by atoms with Crippen molar-refractivity contribution in [3.63, 3.8) is 0 Å². The number of benzene rings is 1. The summed E-state index contributed by atoms with van der Waals surface area (Å²) >= 11 is 2.31. The minimum Gasteiger partial charge on any atom is -0.347 e. The molecule has 0 radical (unpaired) electrons. The van der Waals surface area contributed by atoms with Gasteiger partial charge in [-0.05, 0) is 40.3 Å². The quantitative estimate of drug-likeness (QED) is 0.808. The molecule has 0 spiro atoms. The fourth-order valence-electron chi connectivity index (χ4n) is 2.30. The van der Waals surface area contributed by atoms with Crippen molar-refractivity contribution in [2.24, 2.45) is 0 Å². The van der Waals surface area contributed by atoms with Crippen LogP contribution in [-0.2, 0) is 11.3 Å². The van der Waals surface area contributed by atoms with Gasteiger partial charge in [-0.25, -0.2) is 0 Å². The van der Waals surface area contributed by atoms with Crippen molar-refractivity contribution in [1.29, 1.82) is 0 Å². The number of amides is 1. The summed E-state index contributed by atoms with van der Waals surface area (Å²) in [5.41, 5.74) is 1.26. The number of carbonyl (C=O) groups excluding carboxylic acids is 1. The number of nitrogens with zero attached hydrogens (tertiary/aromatic N) is 2. The van der Waals surface area contributed by atoms with Gasteiger partial charge in [0.2, 0.25) is 5.91 Å². The average molecular weight is 373 g/mol. The Balaban J connectivity index is 2.07. The van der Waals surface area contributed by atoms with E-state index in [1.54, 1.807) is 4.90 Å². The zero-order chi connectivity index (χ0) is 13.8. The van der Waals surface area contributed by atoms with Crippen molar-refractivity contribution in [3.05, 3.63) is 33.4 Å². The Morgan fingerprint density at radius 1 is 1.42 bits per heavy atom. The third kappa shape index (κ3) is 3.90. The molecular weight excluding hydrogens is 353 g/mol. The minimum atomic E-state index is -0.0528. The Hall–Kier alpha value is -0.660. The molecule has 1 aromatic carbocycles. The molecule has 0 saturated carbocycles. The number of rotatable bonds is 3. The van der Waals surface area contributed by atoms with Crippen LogP contribution in [0.25, 0.3) is 0 Å². The molecule has 1 N–H and O–H groups in total. The number of piperazine rings is 1. The summed E-state index contributed by atoms with van der Waals surface area (Å²) in [5.74, 6) is 0.178. The molecule has 1 fully saturated rings. The summed E-state index contributed by atoms with van der Waals surface area (Å²) in [5, 5.41) is 3.31. The molecule has 1 aliphatic heterocycles. The van der Waals surface area contributed by atoms with E-state index in [1.165, 1.54) is 9.13 Å². The SMILES string of the molecule is CN(C)C(=O)C1CNCCN1Cc1ccc(I)cc1. The zero-order valence-corrected chi connectivity index (χ0v) is 13.6. The predicted octanol–water partition coefficient (Wildman–Crippen LogP) is 1.15. The van der Waals surface area contributed by atoms with Gasteiger partial charge in [-0.2, -0.15) is 0 Å². The second-order valence-electron chi connectivity index (χ2n) is 5.05. The van der Waals surface area contributed by atoms with Crippen molar-refractivity contribution in [1.82, 2.24) is 15.1 Å². The van der Waals surface area contributed by atoms with E-state index in [1.807, 2.05) is 14.1 Å². The lowest BCUT2D eigenvalue weighted by Gasteiger charge is -2.36. The number of hydrogen-bond acceptors (Lipinski definition) is 3. The smallest absolute Gasteiger partial charge is 0.240 e. The van der Waals surface area contributed by atoms with Gasteiger partial charge in [0.25, 0.3) is 0 Å². The molecule has 1 aromatic rings. The minimum absolute atomic E-state index is 0.0528. The van der Waals surface area contributed by atoms with E-state index >= 15 is 0 Å². The summed E-state index contributed by atoms with van der Waals surface area (Å²) in [4.78, 5) is 16.1. The summed E-state index contributed by atoms with van der Waals surface area (Å²) in [6.07, 6.45) is 0. The van der Waals surface area contributed by atoms with Crippen molar-refractivity contribution < 1.29 is 4.79 Å². The van der Waals surface area contributed by atoms with Crippen LogP contribution in [0.1, 0.15) is 5.56 Å². The van der Waals surface area contributed by atoms with Crippen LogP contribution in [-0.4, -0.2) is 55.5 Å². The second kappa shape index (κ2) is 6.67. The first-order valence-corrected chi connectivity index (χ1v) is 7.56. The van der Waals surface area contributed by atoms with Crippen molar-refractivity contribution >= 4 is 28.5 Å². The summed E-state index contributed by atoms with van der Waals surface area (Å²) in [6, 6.07) is 8.45. The van der Waals surface area contributed by atoms with Gasteiger partial charge in [0.05, 0.1) is 0 Å². The molecule has 1 amide bonds. The second-order valence-corrected chi connectivity index (χ2v) is 6.30. The number of hydrogen-bond donors (Lipinski definition) is 1. The van der Waals surface area contributed by atoms with Gasteiger partial charge in [0.15, 0.2) is 0 Å². The van der Waals surface area contributed by atoms with E-state index in [0.717, 1.165) is 26.2 Å². The largest absolute Gasteiger partial charge is 0.347 e. The van der Waals surface area contributed by atoms with Gasteiger partial charge < -0.3 is 10.2 Å². The fourth-order valence-corrected chi connectivity index (χ4v) is 2.66. The van der Waals surface area contributed by atoms with Crippen LogP contribution < -0.4 is 5.32 Å². The lowest BCUT2D eigenvalue weighted by Crippen LogP contribution is -2.57. The lowest BCUT2D eigenvalue weighted by atomic mass is 10.1. The summed E-state index contributed by atoms with van der Waals surface area (Å²) < 4.78 is 1.24. The predicted molar refractivity (Wildman–Crippen MR) is 84.9 cm³/mol. The van der Waals surface area contributed by atoms with Crippen LogP contribution in [0.3, 0.4) is 0 Å². The third-order valence-electron chi connectivity index (χ3n) is 3.38. The van der Waals surface area contributed by atoms with Crippen LogP contribution >= 0.6 is 22.6 Å². The molecule has 1 aliphatic rings. The lowest BCUT2D eigenvalue weighted by molar-refractivity contribution is -0.135. The first-order chi connectivity index (χ1) is 9.08. The van der Waals surface area contributed by atoms with Gasteiger partial charge in [0.1, 0.15) is 6.04 Å². The maximum Gasteiger partial charge on any atom is 0.240 e. The van der Waals surface area contributed by atoms with Gasteiger partial charge in [-0.15, -0.1) is 0 Å². The molecule has 0 aromatic heterocycles. The third-order valence-corrected chi connectivity index (χ3v) is 4.10. The molecule has 104 valence electrons. The molecule has 0 bridgehead atoms. The van der Waals surface area contributed by atoms with Crippen LogP contribution in [0.2, 0.25) is 0 Å². The molecule has 1 atom stereocenters. The number of nitrogens with one attached hydrogen (secondary N) is 1. The maximum atomic E-state index is 12.2. The average Bonchev–Trinajstić information content (AvgIpc) is 2.41. The van der Waals surface area contributed by atoms with E-state index in [2.05, 4.69) is 57.1 Å². The van der Waals surface area contributed by atoms with Crippen molar-refractivity contribution in [3.8, 4) is 0 Å². The Morgan fingerprint density at radius 2 is 2.11 bits per heavy atom. The molecule has 4 nitrogen and oxygen atoms in total. The molecule has 1 heterocycles. The van der Waals surface area contributed by atoms with E-state index in [0.29, 0.717) is 0 Å². The fraction of sp³-hybridized carbons (Fsp3) is 0.500. The molecule has 5 heteroatoms. The van der Waals surface area contributed by atoms with E-state index in [4.69, 9.17) is 0 Å². The maximum absolute atomic E-state index is 12.2. The topological polar surface area (TPSA) is 35.6 Å². The summed E-state index contributed by atoms with van der Waals surface area (Å²) in [7, 11) is 3.64. The Labute approximate surface area is 128 Å². The first-order valence-electron chi connectivity index (χ1n) is 6.48. The Morgan fingerprint density at radius 3 is 2.74 bits per heavy atom. The van der Waals surface area contributed by atoms with Crippen molar-refractivity contribution in [2.75, 3.05) is 33.7 Å². The standard InChI is InChI=1S/C14H20IN3O/c1-17(2)14(19)13-9-16-7-8-18(13)10-11-3-5-12(15)6-4-11/h3-6,13,16H,7-10H2,1-2H3. The van der Waals surface area contributed by atoms with Crippen LogP contribution in [0.4, 0.5) is 0 Å². The molecule has 19 heavy (non-hydrogen) atoms. The Bertz CT molecular complexity index is 433. The highest BCUT2D eigenvalue weighted by molar-refractivity contribution is 14.1. The van der Waals surface area contributed by atoms with Gasteiger partial charge in [-0.1, -0.05) is 12.1 Å². The highest BCUT2D eigenvalue weighted by atomic mass is 127. The highest BCUT2D eigenvalue weighted by Crippen LogP contribution is 2.13. The molecular formula is C14H20IN3O. The van der Waals surface area contributed by atoms with E-state index < -0.39 is 0 Å². The van der Waals surface area contributed by atoms with Crippen LogP contribution in [0.5, 0.6) is 0 Å². The number of carbonyl (C=O) groups is 1. The normalized spacial score (nSPS) is 20.3.